The van der Waals surface area contributed by atoms with E-state index < -0.39 is 0 Å². The molecule has 0 aliphatic heterocycles. The van der Waals surface area contributed by atoms with Gasteiger partial charge < -0.3 is 5.32 Å². The number of nitrogens with zero attached hydrogens (tertiary/aromatic N) is 2. The molecule has 0 spiro atoms. The van der Waals surface area contributed by atoms with Crippen LogP contribution in [0.3, 0.4) is 0 Å². The first-order chi connectivity index (χ1) is 7.16. The van der Waals surface area contributed by atoms with Crippen LogP contribution >= 0.6 is 11.6 Å². The number of fused-ring (bicyclic) bond motifs is 1. The number of aryl methyl sites for hydroxylation is 1. The summed E-state index contributed by atoms with van der Waals surface area (Å²) >= 11 is 6.10. The van der Waals surface area contributed by atoms with Gasteiger partial charge in [-0.3, -0.25) is 0 Å². The lowest BCUT2D eigenvalue weighted by Crippen LogP contribution is -2.11. The van der Waals surface area contributed by atoms with Crippen molar-refractivity contribution in [3.63, 3.8) is 0 Å². The highest BCUT2D eigenvalue weighted by molar-refractivity contribution is 6.30. The van der Waals surface area contributed by atoms with E-state index in [2.05, 4.69) is 29.1 Å². The van der Waals surface area contributed by atoms with E-state index >= 15 is 0 Å². The first-order valence-electron chi connectivity index (χ1n) is 5.46. The molecule has 0 unspecified atom stereocenters. The van der Waals surface area contributed by atoms with Gasteiger partial charge in [0.25, 0.3) is 0 Å². The monoisotopic (exact) mass is 225 g/mol. The highest BCUT2D eigenvalue weighted by Crippen LogP contribution is 2.26. The van der Waals surface area contributed by atoms with E-state index in [1.165, 1.54) is 0 Å². The molecular weight excluding hydrogens is 210 g/mol. The Morgan fingerprint density at radius 3 is 2.87 bits per heavy atom. The molecule has 1 aromatic rings. The second kappa shape index (κ2) is 4.35. The summed E-state index contributed by atoms with van der Waals surface area (Å²) in [5.74, 6) is 1.26. The molecule has 0 amide bonds. The fraction of sp³-hybridized carbons (Fsp3) is 0.636. The third kappa shape index (κ3) is 2.40. The average molecular weight is 226 g/mol. The van der Waals surface area contributed by atoms with Crippen molar-refractivity contribution >= 4 is 17.5 Å². The van der Waals surface area contributed by atoms with Crippen LogP contribution in [0.1, 0.15) is 31.5 Å². The first kappa shape index (κ1) is 10.7. The topological polar surface area (TPSA) is 37.8 Å². The third-order valence-electron chi connectivity index (χ3n) is 2.55. The Labute approximate surface area is 95.3 Å². The highest BCUT2D eigenvalue weighted by atomic mass is 35.5. The van der Waals surface area contributed by atoms with E-state index in [9.17, 15) is 0 Å². The molecule has 82 valence electrons. The maximum Gasteiger partial charge on any atom is 0.224 e. The third-order valence-corrected chi connectivity index (χ3v) is 2.86. The van der Waals surface area contributed by atoms with Crippen LogP contribution in [0.2, 0.25) is 5.15 Å². The van der Waals surface area contributed by atoms with Gasteiger partial charge in [0.15, 0.2) is 0 Å². The van der Waals surface area contributed by atoms with Crippen molar-refractivity contribution in [3.05, 3.63) is 16.4 Å². The van der Waals surface area contributed by atoms with Gasteiger partial charge in [0.05, 0.1) is 5.69 Å². The van der Waals surface area contributed by atoms with Crippen molar-refractivity contribution < 1.29 is 0 Å². The van der Waals surface area contributed by atoms with E-state index in [4.69, 9.17) is 11.6 Å². The van der Waals surface area contributed by atoms with Crippen molar-refractivity contribution in [3.8, 4) is 0 Å². The number of aromatic nitrogens is 2. The van der Waals surface area contributed by atoms with E-state index in [0.29, 0.717) is 17.0 Å². The lowest BCUT2D eigenvalue weighted by atomic mass is 10.2. The summed E-state index contributed by atoms with van der Waals surface area (Å²) in [5, 5.41) is 3.84. The van der Waals surface area contributed by atoms with Crippen LogP contribution in [0.15, 0.2) is 0 Å². The number of hydrogen-bond donors (Lipinski definition) is 1. The van der Waals surface area contributed by atoms with Crippen molar-refractivity contribution in [1.82, 2.24) is 9.97 Å². The fourth-order valence-corrected chi connectivity index (χ4v) is 2.04. The molecule has 1 aromatic heterocycles. The summed E-state index contributed by atoms with van der Waals surface area (Å²) in [4.78, 5) is 8.74. The van der Waals surface area contributed by atoms with Gasteiger partial charge in [-0.25, -0.2) is 9.97 Å². The van der Waals surface area contributed by atoms with Crippen molar-refractivity contribution in [2.45, 2.75) is 33.1 Å². The predicted molar refractivity (Wildman–Crippen MR) is 62.4 cm³/mol. The number of nitrogens with one attached hydrogen (secondary N) is 1. The standard InChI is InChI=1S/C11H16ClN3/c1-7(2)6-13-11-14-9-5-3-4-8(9)10(12)15-11/h7H,3-6H2,1-2H3,(H,13,14,15). The predicted octanol–water partition coefficient (Wildman–Crippen LogP) is 2.69. The molecule has 3 nitrogen and oxygen atoms in total. The summed E-state index contributed by atoms with van der Waals surface area (Å²) in [6.07, 6.45) is 3.21. The molecule has 0 saturated carbocycles. The molecular formula is C11H16ClN3. The van der Waals surface area contributed by atoms with Crippen LogP contribution in [0.25, 0.3) is 0 Å². The van der Waals surface area contributed by atoms with E-state index in [-0.39, 0.29) is 0 Å². The second-order valence-electron chi connectivity index (χ2n) is 4.39. The molecule has 1 aliphatic rings. The maximum absolute atomic E-state index is 6.10. The molecule has 1 N–H and O–H groups in total. The smallest absolute Gasteiger partial charge is 0.224 e. The summed E-state index contributed by atoms with van der Waals surface area (Å²) in [7, 11) is 0. The molecule has 0 radical (unpaired) electrons. The zero-order valence-corrected chi connectivity index (χ0v) is 9.93. The fourth-order valence-electron chi connectivity index (χ4n) is 1.76. The average Bonchev–Trinajstić information content (AvgIpc) is 2.63. The molecule has 1 heterocycles. The zero-order chi connectivity index (χ0) is 10.8. The Balaban J connectivity index is 2.16. The molecule has 0 aromatic carbocycles. The Morgan fingerprint density at radius 1 is 1.33 bits per heavy atom. The zero-order valence-electron chi connectivity index (χ0n) is 9.18. The van der Waals surface area contributed by atoms with Crippen LogP contribution in [0.4, 0.5) is 5.95 Å². The maximum atomic E-state index is 6.10. The Hall–Kier alpha value is -0.830. The minimum Gasteiger partial charge on any atom is -0.354 e. The molecule has 2 rings (SSSR count). The van der Waals surface area contributed by atoms with Crippen LogP contribution in [0, 0.1) is 5.92 Å². The molecule has 1 aliphatic carbocycles. The molecule has 0 atom stereocenters. The number of anilines is 1. The number of hydrogen-bond acceptors (Lipinski definition) is 3. The van der Waals surface area contributed by atoms with Gasteiger partial charge in [-0.15, -0.1) is 0 Å². The van der Waals surface area contributed by atoms with Crippen LogP contribution in [-0.4, -0.2) is 16.5 Å². The number of rotatable bonds is 3. The van der Waals surface area contributed by atoms with Crippen molar-refractivity contribution in [1.29, 1.82) is 0 Å². The highest BCUT2D eigenvalue weighted by Gasteiger charge is 2.17. The van der Waals surface area contributed by atoms with Crippen molar-refractivity contribution in [2.75, 3.05) is 11.9 Å². The minimum absolute atomic E-state index is 0.584. The van der Waals surface area contributed by atoms with Gasteiger partial charge in [0.1, 0.15) is 5.15 Å². The second-order valence-corrected chi connectivity index (χ2v) is 4.75. The first-order valence-corrected chi connectivity index (χ1v) is 5.83. The van der Waals surface area contributed by atoms with E-state index in [0.717, 1.165) is 37.1 Å². The van der Waals surface area contributed by atoms with Crippen LogP contribution < -0.4 is 5.32 Å². The molecule has 0 saturated heterocycles. The quantitative estimate of drug-likeness (QED) is 0.804. The lowest BCUT2D eigenvalue weighted by molar-refractivity contribution is 0.684. The van der Waals surface area contributed by atoms with Crippen LogP contribution in [-0.2, 0) is 12.8 Å². The summed E-state index contributed by atoms with van der Waals surface area (Å²) in [6.45, 7) is 5.19. The van der Waals surface area contributed by atoms with Gasteiger partial charge in [0.2, 0.25) is 5.95 Å². The normalized spacial score (nSPS) is 14.4. The van der Waals surface area contributed by atoms with E-state index in [1.807, 2.05) is 0 Å². The van der Waals surface area contributed by atoms with Crippen molar-refractivity contribution in [2.24, 2.45) is 5.92 Å². The van der Waals surface area contributed by atoms with Gasteiger partial charge in [-0.05, 0) is 25.2 Å². The van der Waals surface area contributed by atoms with Gasteiger partial charge in [0, 0.05) is 12.1 Å². The SMILES string of the molecule is CC(C)CNc1nc(Cl)c2c(n1)CCC2. The summed E-state index contributed by atoms with van der Waals surface area (Å²) in [6, 6.07) is 0. The largest absolute Gasteiger partial charge is 0.354 e. The number of halogens is 1. The molecule has 4 heteroatoms. The Morgan fingerprint density at radius 2 is 2.13 bits per heavy atom. The molecule has 0 bridgehead atoms. The minimum atomic E-state index is 0.584. The van der Waals surface area contributed by atoms with E-state index in [1.54, 1.807) is 0 Å². The van der Waals surface area contributed by atoms with Gasteiger partial charge in [-0.1, -0.05) is 25.4 Å². The Kier molecular flexibility index (Phi) is 3.10. The molecule has 15 heavy (non-hydrogen) atoms. The lowest BCUT2D eigenvalue weighted by Gasteiger charge is -2.09. The Bertz CT molecular complexity index is 363. The summed E-state index contributed by atoms with van der Waals surface area (Å²) in [5.41, 5.74) is 2.27. The van der Waals surface area contributed by atoms with Crippen LogP contribution in [0.5, 0.6) is 0 Å². The summed E-state index contributed by atoms with van der Waals surface area (Å²) < 4.78 is 0. The molecule has 0 fully saturated rings. The van der Waals surface area contributed by atoms with Gasteiger partial charge in [-0.2, -0.15) is 0 Å². The van der Waals surface area contributed by atoms with Gasteiger partial charge >= 0.3 is 0 Å².